The lowest BCUT2D eigenvalue weighted by Crippen LogP contribution is -2.38. The maximum absolute atomic E-state index is 12.2. The minimum absolute atomic E-state index is 0.0263. The molecule has 0 bridgehead atoms. The predicted octanol–water partition coefficient (Wildman–Crippen LogP) is 3.51. The first kappa shape index (κ1) is 19.9. The Labute approximate surface area is 162 Å². The molecule has 0 radical (unpaired) electrons. The van der Waals surface area contributed by atoms with Gasteiger partial charge in [-0.25, -0.2) is 0 Å². The second-order valence-corrected chi connectivity index (χ2v) is 6.30. The molecule has 0 atom stereocenters. The Balaban J connectivity index is 1.84. The fraction of sp³-hybridized carbons (Fsp3) is 0.222. The summed E-state index contributed by atoms with van der Waals surface area (Å²) in [6, 6.07) is 12.0. The van der Waals surface area contributed by atoms with Gasteiger partial charge in [0.05, 0.1) is 35.9 Å². The van der Waals surface area contributed by atoms with Gasteiger partial charge in [0.25, 0.3) is 0 Å². The third-order valence-electron chi connectivity index (χ3n) is 3.55. The van der Waals surface area contributed by atoms with E-state index in [1.54, 1.807) is 49.5 Å². The molecule has 0 unspecified atom stereocenters. The molecule has 26 heavy (non-hydrogen) atoms. The van der Waals surface area contributed by atoms with Crippen molar-refractivity contribution in [1.29, 1.82) is 0 Å². The number of rotatable bonds is 7. The summed E-state index contributed by atoms with van der Waals surface area (Å²) in [5.74, 6) is -0.0235. The summed E-state index contributed by atoms with van der Waals surface area (Å²) in [5.41, 5.74) is 1.18. The van der Waals surface area contributed by atoms with Crippen LogP contribution in [0.25, 0.3) is 0 Å². The highest BCUT2D eigenvalue weighted by atomic mass is 35.5. The molecule has 2 amide bonds. The highest BCUT2D eigenvalue weighted by Gasteiger charge is 2.14. The molecule has 0 aliphatic rings. The van der Waals surface area contributed by atoms with Gasteiger partial charge in [0.2, 0.25) is 11.8 Å². The van der Waals surface area contributed by atoms with E-state index in [4.69, 9.17) is 27.9 Å². The first-order valence-electron chi connectivity index (χ1n) is 7.76. The quantitative estimate of drug-likeness (QED) is 0.752. The van der Waals surface area contributed by atoms with Crippen LogP contribution in [0.3, 0.4) is 0 Å². The molecule has 0 fully saturated rings. The molecule has 2 rings (SSSR count). The molecular weight excluding hydrogens is 377 g/mol. The number of benzene rings is 2. The summed E-state index contributed by atoms with van der Waals surface area (Å²) in [7, 11) is 3.08. The molecule has 0 heterocycles. The number of methoxy groups -OCH3 is 1. The molecule has 0 aliphatic heterocycles. The minimum Gasteiger partial charge on any atom is -0.495 e. The number of likely N-dealkylation sites (N-methyl/N-ethyl adjacent to an activating group) is 1. The molecule has 0 spiro atoms. The number of amides is 2. The van der Waals surface area contributed by atoms with Crippen molar-refractivity contribution in [1.82, 2.24) is 4.90 Å². The van der Waals surface area contributed by atoms with Crippen LogP contribution in [0.4, 0.5) is 11.4 Å². The Bertz CT molecular complexity index is 799. The van der Waals surface area contributed by atoms with E-state index in [0.717, 1.165) is 0 Å². The molecule has 2 aromatic rings. The Morgan fingerprint density at radius 2 is 1.85 bits per heavy atom. The molecule has 138 valence electrons. The monoisotopic (exact) mass is 395 g/mol. The molecule has 6 nitrogen and oxygen atoms in total. The lowest BCUT2D eigenvalue weighted by atomic mass is 10.3. The average molecular weight is 396 g/mol. The molecule has 2 N–H and O–H groups in total. The number of halogens is 2. The van der Waals surface area contributed by atoms with Crippen molar-refractivity contribution in [2.75, 3.05) is 37.9 Å². The molecule has 0 saturated heterocycles. The molecule has 8 heteroatoms. The van der Waals surface area contributed by atoms with Crippen LogP contribution in [-0.2, 0) is 9.59 Å². The molecule has 0 aliphatic carbocycles. The van der Waals surface area contributed by atoms with Crippen LogP contribution < -0.4 is 15.4 Å². The van der Waals surface area contributed by atoms with Crippen molar-refractivity contribution >= 4 is 46.4 Å². The highest BCUT2D eigenvalue weighted by molar-refractivity contribution is 6.33. The second kappa shape index (κ2) is 9.31. The molecular formula is C18H19Cl2N3O3. The van der Waals surface area contributed by atoms with Crippen molar-refractivity contribution in [3.8, 4) is 5.75 Å². The van der Waals surface area contributed by atoms with E-state index in [9.17, 15) is 9.59 Å². The normalized spacial score (nSPS) is 10.2. The fourth-order valence-electron chi connectivity index (χ4n) is 2.14. The third-order valence-corrected chi connectivity index (χ3v) is 4.17. The van der Waals surface area contributed by atoms with Gasteiger partial charge in [0.1, 0.15) is 5.75 Å². The van der Waals surface area contributed by atoms with Gasteiger partial charge >= 0.3 is 0 Å². The summed E-state index contributed by atoms with van der Waals surface area (Å²) < 4.78 is 5.08. The zero-order valence-electron chi connectivity index (χ0n) is 14.4. The number of hydrogen-bond donors (Lipinski definition) is 2. The van der Waals surface area contributed by atoms with E-state index in [1.807, 2.05) is 0 Å². The Morgan fingerprint density at radius 1 is 1.12 bits per heavy atom. The number of hydrogen-bond acceptors (Lipinski definition) is 4. The van der Waals surface area contributed by atoms with Crippen LogP contribution in [0, 0.1) is 0 Å². The van der Waals surface area contributed by atoms with Gasteiger partial charge in [-0.3, -0.25) is 9.59 Å². The minimum atomic E-state index is -0.332. The summed E-state index contributed by atoms with van der Waals surface area (Å²) >= 11 is 12.0. The first-order valence-corrected chi connectivity index (χ1v) is 8.52. The standard InChI is InChI=1S/C18H19Cl2N3O3/c1-23(11-17(24)22-15-6-4-3-5-13(15)19)18(25)10-21-12-7-8-16(26-2)14(20)9-12/h3-9,21H,10-11H2,1-2H3,(H,22,24). The van der Waals surface area contributed by atoms with E-state index in [1.165, 1.54) is 12.0 Å². The Morgan fingerprint density at radius 3 is 2.50 bits per heavy atom. The van der Waals surface area contributed by atoms with E-state index in [-0.39, 0.29) is 24.9 Å². The maximum Gasteiger partial charge on any atom is 0.244 e. The fourth-order valence-corrected chi connectivity index (χ4v) is 2.59. The van der Waals surface area contributed by atoms with Crippen molar-refractivity contribution < 1.29 is 14.3 Å². The number of carbonyl (C=O) groups is 2. The lowest BCUT2D eigenvalue weighted by Gasteiger charge is -2.18. The van der Waals surface area contributed by atoms with Crippen LogP contribution >= 0.6 is 23.2 Å². The van der Waals surface area contributed by atoms with E-state index >= 15 is 0 Å². The van der Waals surface area contributed by atoms with Crippen molar-refractivity contribution in [3.63, 3.8) is 0 Å². The topological polar surface area (TPSA) is 70.7 Å². The highest BCUT2D eigenvalue weighted by Crippen LogP contribution is 2.27. The number of nitrogens with one attached hydrogen (secondary N) is 2. The smallest absolute Gasteiger partial charge is 0.244 e. The van der Waals surface area contributed by atoms with Crippen LogP contribution in [0.5, 0.6) is 5.75 Å². The van der Waals surface area contributed by atoms with E-state index in [0.29, 0.717) is 27.2 Å². The number of ether oxygens (including phenoxy) is 1. The Kier molecular flexibility index (Phi) is 7.12. The number of anilines is 2. The zero-order chi connectivity index (χ0) is 19.1. The largest absolute Gasteiger partial charge is 0.495 e. The van der Waals surface area contributed by atoms with Gasteiger partial charge in [-0.1, -0.05) is 35.3 Å². The van der Waals surface area contributed by atoms with Crippen molar-refractivity contribution in [3.05, 3.63) is 52.5 Å². The third kappa shape index (κ3) is 5.54. The zero-order valence-corrected chi connectivity index (χ0v) is 15.9. The summed E-state index contributed by atoms with van der Waals surface area (Å²) in [6.45, 7) is -0.0619. The second-order valence-electron chi connectivity index (χ2n) is 5.48. The molecule has 0 saturated carbocycles. The van der Waals surface area contributed by atoms with Gasteiger partial charge in [0, 0.05) is 12.7 Å². The summed E-state index contributed by atoms with van der Waals surface area (Å²) in [6.07, 6.45) is 0. The average Bonchev–Trinajstić information content (AvgIpc) is 2.61. The van der Waals surface area contributed by atoms with Crippen LogP contribution in [-0.4, -0.2) is 44.0 Å². The van der Waals surface area contributed by atoms with Crippen molar-refractivity contribution in [2.24, 2.45) is 0 Å². The van der Waals surface area contributed by atoms with Crippen LogP contribution in [0.2, 0.25) is 10.0 Å². The molecule has 0 aromatic heterocycles. The van der Waals surface area contributed by atoms with Gasteiger partial charge in [-0.05, 0) is 30.3 Å². The van der Waals surface area contributed by atoms with Crippen molar-refractivity contribution in [2.45, 2.75) is 0 Å². The summed E-state index contributed by atoms with van der Waals surface area (Å²) in [4.78, 5) is 25.6. The SMILES string of the molecule is COc1ccc(NCC(=O)N(C)CC(=O)Nc2ccccc2Cl)cc1Cl. The maximum atomic E-state index is 12.2. The lowest BCUT2D eigenvalue weighted by molar-refractivity contribution is -0.131. The first-order chi connectivity index (χ1) is 12.4. The molecule has 2 aromatic carbocycles. The van der Waals surface area contributed by atoms with Crippen LogP contribution in [0.15, 0.2) is 42.5 Å². The Hall–Kier alpha value is -2.44. The number of para-hydroxylation sites is 1. The van der Waals surface area contributed by atoms with Crippen LogP contribution in [0.1, 0.15) is 0 Å². The van der Waals surface area contributed by atoms with Gasteiger partial charge in [-0.15, -0.1) is 0 Å². The summed E-state index contributed by atoms with van der Waals surface area (Å²) in [5, 5.41) is 6.52. The predicted molar refractivity (Wildman–Crippen MR) is 104 cm³/mol. The number of carbonyl (C=O) groups excluding carboxylic acids is 2. The van der Waals surface area contributed by atoms with E-state index in [2.05, 4.69) is 10.6 Å². The van der Waals surface area contributed by atoms with Gasteiger partial charge in [0.15, 0.2) is 0 Å². The van der Waals surface area contributed by atoms with Gasteiger partial charge < -0.3 is 20.3 Å². The van der Waals surface area contributed by atoms with Gasteiger partial charge in [-0.2, -0.15) is 0 Å². The number of nitrogens with zero attached hydrogens (tertiary/aromatic N) is 1. The van der Waals surface area contributed by atoms with E-state index < -0.39 is 0 Å².